The van der Waals surface area contributed by atoms with Gasteiger partial charge in [0.15, 0.2) is 0 Å². The average Bonchev–Trinajstić information content (AvgIpc) is 2.20. The summed E-state index contributed by atoms with van der Waals surface area (Å²) >= 11 is 5.97. The third-order valence-corrected chi connectivity index (χ3v) is 1.92. The molecule has 0 fully saturated rings. The van der Waals surface area contributed by atoms with Gasteiger partial charge in [0.05, 0.1) is 10.7 Å². The first-order valence-electron chi connectivity index (χ1n) is 3.73. The third kappa shape index (κ3) is 1.62. The molecule has 1 heterocycles. The zero-order valence-corrected chi connectivity index (χ0v) is 7.44. The predicted octanol–water partition coefficient (Wildman–Crippen LogP) is 1.64. The molecule has 0 aliphatic carbocycles. The average molecular weight is 195 g/mol. The summed E-state index contributed by atoms with van der Waals surface area (Å²) in [4.78, 5) is 0. The van der Waals surface area contributed by atoms with E-state index in [1.165, 1.54) is 6.34 Å². The molecule has 13 heavy (non-hydrogen) atoms. The number of halogens is 1. The van der Waals surface area contributed by atoms with Gasteiger partial charge in [0.25, 0.3) is 0 Å². The van der Waals surface area contributed by atoms with Gasteiger partial charge in [0, 0.05) is 0 Å². The van der Waals surface area contributed by atoms with Crippen LogP contribution in [0.4, 0.5) is 5.69 Å². The first kappa shape index (κ1) is 8.07. The second-order valence-corrected chi connectivity index (χ2v) is 2.83. The van der Waals surface area contributed by atoms with E-state index >= 15 is 0 Å². The Hall–Kier alpha value is -1.55. The molecule has 1 aliphatic rings. The number of anilines is 1. The second kappa shape index (κ2) is 3.45. The molecule has 2 rings (SSSR count). The fraction of sp³-hybridized carbons (Fsp3) is 0. The highest BCUT2D eigenvalue weighted by molar-refractivity contribution is 6.33. The Kier molecular flexibility index (Phi) is 2.14. The van der Waals surface area contributed by atoms with Gasteiger partial charge in [-0.25, -0.2) is 5.01 Å². The lowest BCUT2D eigenvalue weighted by Gasteiger charge is -2.20. The SMILES string of the molecule is Clc1ccccc1N1C=NN=CN1. The molecular formula is C8H7ClN4. The molecule has 5 heteroatoms. The van der Waals surface area contributed by atoms with E-state index in [-0.39, 0.29) is 0 Å². The standard InChI is InChI=1S/C8H7ClN4/c9-7-3-1-2-4-8(7)13-6-11-10-5-12-13/h1-6H,(H,10,12). The summed E-state index contributed by atoms with van der Waals surface area (Å²) in [7, 11) is 0. The van der Waals surface area contributed by atoms with Gasteiger partial charge in [-0.05, 0) is 12.1 Å². The molecule has 0 spiro atoms. The van der Waals surface area contributed by atoms with Gasteiger partial charge in [-0.3, -0.25) is 5.43 Å². The summed E-state index contributed by atoms with van der Waals surface area (Å²) in [5, 5.41) is 9.71. The van der Waals surface area contributed by atoms with E-state index in [2.05, 4.69) is 15.6 Å². The summed E-state index contributed by atoms with van der Waals surface area (Å²) in [6.45, 7) is 0. The maximum absolute atomic E-state index is 5.97. The van der Waals surface area contributed by atoms with Crippen molar-refractivity contribution >= 4 is 30.0 Å². The summed E-state index contributed by atoms with van der Waals surface area (Å²) in [6, 6.07) is 7.49. The highest BCUT2D eigenvalue weighted by Gasteiger charge is 2.07. The first-order valence-corrected chi connectivity index (χ1v) is 4.10. The fourth-order valence-electron chi connectivity index (χ4n) is 1.01. The molecular weight excluding hydrogens is 188 g/mol. The number of nitrogens with zero attached hydrogens (tertiary/aromatic N) is 3. The van der Waals surface area contributed by atoms with Crippen LogP contribution in [0.2, 0.25) is 5.02 Å². The molecule has 0 amide bonds. The van der Waals surface area contributed by atoms with Crippen LogP contribution in [0.15, 0.2) is 34.5 Å². The van der Waals surface area contributed by atoms with E-state index < -0.39 is 0 Å². The highest BCUT2D eigenvalue weighted by Crippen LogP contribution is 2.23. The van der Waals surface area contributed by atoms with Crippen LogP contribution in [0.1, 0.15) is 0 Å². The molecule has 1 N–H and O–H groups in total. The van der Waals surface area contributed by atoms with Gasteiger partial charge < -0.3 is 0 Å². The third-order valence-electron chi connectivity index (χ3n) is 1.60. The van der Waals surface area contributed by atoms with Gasteiger partial charge >= 0.3 is 0 Å². The molecule has 1 aliphatic heterocycles. The second-order valence-electron chi connectivity index (χ2n) is 2.43. The molecule has 0 saturated carbocycles. The van der Waals surface area contributed by atoms with E-state index in [4.69, 9.17) is 11.6 Å². The Balaban J connectivity index is 2.30. The quantitative estimate of drug-likeness (QED) is 0.738. The minimum absolute atomic E-state index is 0.664. The lowest BCUT2D eigenvalue weighted by Crippen LogP contribution is -2.37. The van der Waals surface area contributed by atoms with Crippen LogP contribution in [0.5, 0.6) is 0 Å². The molecule has 4 nitrogen and oxygen atoms in total. The summed E-state index contributed by atoms with van der Waals surface area (Å²) in [5.41, 5.74) is 3.73. The number of hydrogen-bond donors (Lipinski definition) is 1. The van der Waals surface area contributed by atoms with Crippen LogP contribution in [-0.2, 0) is 0 Å². The van der Waals surface area contributed by atoms with E-state index in [1.54, 1.807) is 11.3 Å². The van der Waals surface area contributed by atoms with Crippen LogP contribution in [0, 0.1) is 0 Å². The number of para-hydroxylation sites is 1. The van der Waals surface area contributed by atoms with E-state index in [1.807, 2.05) is 24.3 Å². The molecule has 66 valence electrons. The van der Waals surface area contributed by atoms with Gasteiger partial charge in [-0.1, -0.05) is 23.7 Å². The molecule has 0 bridgehead atoms. The van der Waals surface area contributed by atoms with Gasteiger partial charge in [-0.15, -0.1) is 10.2 Å². The van der Waals surface area contributed by atoms with E-state index in [0.29, 0.717) is 5.02 Å². The minimum atomic E-state index is 0.664. The molecule has 0 saturated heterocycles. The Morgan fingerprint density at radius 1 is 1.23 bits per heavy atom. The van der Waals surface area contributed by atoms with Crippen LogP contribution in [-0.4, -0.2) is 12.7 Å². The normalized spacial score (nSPS) is 14.4. The number of benzene rings is 1. The smallest absolute Gasteiger partial charge is 0.138 e. The van der Waals surface area contributed by atoms with E-state index in [9.17, 15) is 0 Å². The Morgan fingerprint density at radius 2 is 2.08 bits per heavy atom. The molecule has 1 aromatic carbocycles. The zero-order chi connectivity index (χ0) is 9.10. The lowest BCUT2D eigenvalue weighted by molar-refractivity contribution is 0.954. The lowest BCUT2D eigenvalue weighted by atomic mass is 10.3. The van der Waals surface area contributed by atoms with Crippen molar-refractivity contribution < 1.29 is 0 Å². The largest absolute Gasteiger partial charge is 0.281 e. The first-order chi connectivity index (χ1) is 6.38. The predicted molar refractivity (Wildman–Crippen MR) is 54.1 cm³/mol. The molecule has 0 radical (unpaired) electrons. The Morgan fingerprint density at radius 3 is 2.77 bits per heavy atom. The number of rotatable bonds is 1. The number of nitrogens with one attached hydrogen (secondary N) is 1. The van der Waals surface area contributed by atoms with Crippen LogP contribution in [0.3, 0.4) is 0 Å². The topological polar surface area (TPSA) is 40.0 Å². The molecule has 0 aromatic heterocycles. The van der Waals surface area contributed by atoms with Gasteiger partial charge in [0.1, 0.15) is 12.7 Å². The molecule has 0 unspecified atom stereocenters. The van der Waals surface area contributed by atoms with Crippen molar-refractivity contribution in [1.29, 1.82) is 0 Å². The van der Waals surface area contributed by atoms with Crippen molar-refractivity contribution in [2.75, 3.05) is 5.01 Å². The van der Waals surface area contributed by atoms with Crippen molar-refractivity contribution in [2.24, 2.45) is 10.2 Å². The van der Waals surface area contributed by atoms with Gasteiger partial charge in [-0.2, -0.15) is 0 Å². The summed E-state index contributed by atoms with van der Waals surface area (Å²) in [5.74, 6) is 0. The van der Waals surface area contributed by atoms with Crippen LogP contribution in [0.25, 0.3) is 0 Å². The summed E-state index contributed by atoms with van der Waals surface area (Å²) in [6.07, 6.45) is 3.05. The van der Waals surface area contributed by atoms with Crippen molar-refractivity contribution in [2.45, 2.75) is 0 Å². The fourth-order valence-corrected chi connectivity index (χ4v) is 1.24. The van der Waals surface area contributed by atoms with Crippen LogP contribution < -0.4 is 10.4 Å². The van der Waals surface area contributed by atoms with Gasteiger partial charge in [0.2, 0.25) is 0 Å². The molecule has 1 aromatic rings. The summed E-state index contributed by atoms with van der Waals surface area (Å²) < 4.78 is 0. The number of hydrazine groups is 1. The van der Waals surface area contributed by atoms with Crippen molar-refractivity contribution in [1.82, 2.24) is 5.43 Å². The number of hydrogen-bond acceptors (Lipinski definition) is 4. The van der Waals surface area contributed by atoms with E-state index in [0.717, 1.165) is 5.69 Å². The maximum Gasteiger partial charge on any atom is 0.138 e. The zero-order valence-electron chi connectivity index (χ0n) is 6.68. The van der Waals surface area contributed by atoms with Crippen molar-refractivity contribution in [3.05, 3.63) is 29.3 Å². The molecule has 0 atom stereocenters. The maximum atomic E-state index is 5.97. The minimum Gasteiger partial charge on any atom is -0.281 e. The van der Waals surface area contributed by atoms with Crippen LogP contribution >= 0.6 is 11.6 Å². The van der Waals surface area contributed by atoms with Crippen molar-refractivity contribution in [3.63, 3.8) is 0 Å². The highest BCUT2D eigenvalue weighted by atomic mass is 35.5. The monoisotopic (exact) mass is 194 g/mol. The Bertz CT molecular complexity index is 361. The Labute approximate surface area is 80.5 Å². The van der Waals surface area contributed by atoms with Crippen molar-refractivity contribution in [3.8, 4) is 0 Å².